The molecule has 3 atom stereocenters. The molecule has 1 heterocycles. The van der Waals surface area contributed by atoms with Gasteiger partial charge in [-0.25, -0.2) is 0 Å². The van der Waals surface area contributed by atoms with Gasteiger partial charge in [-0.1, -0.05) is 6.42 Å². The molecular formula is C8H17N3. The van der Waals surface area contributed by atoms with E-state index in [0.717, 1.165) is 18.5 Å². The maximum Gasteiger partial charge on any atom is 0.0381 e. The molecule has 1 saturated carbocycles. The lowest BCUT2D eigenvalue weighted by atomic mass is 9.97. The zero-order chi connectivity index (χ0) is 7.68. The second-order valence-electron chi connectivity index (χ2n) is 3.65. The molecule has 2 rings (SSSR count). The van der Waals surface area contributed by atoms with Crippen LogP contribution in [-0.2, 0) is 0 Å². The highest BCUT2D eigenvalue weighted by atomic mass is 15.4. The van der Waals surface area contributed by atoms with E-state index in [1.54, 1.807) is 0 Å². The Morgan fingerprint density at radius 3 is 3.09 bits per heavy atom. The van der Waals surface area contributed by atoms with Crippen molar-refractivity contribution in [1.82, 2.24) is 16.2 Å². The Morgan fingerprint density at radius 1 is 1.36 bits per heavy atom. The lowest BCUT2D eigenvalue weighted by Crippen LogP contribution is -2.39. The number of hydrogen-bond acceptors (Lipinski definition) is 3. The molecule has 0 spiro atoms. The van der Waals surface area contributed by atoms with Crippen LogP contribution in [0.25, 0.3) is 0 Å². The smallest absolute Gasteiger partial charge is 0.0381 e. The van der Waals surface area contributed by atoms with E-state index in [4.69, 9.17) is 0 Å². The summed E-state index contributed by atoms with van der Waals surface area (Å²) in [6.07, 6.45) is 4.17. The highest BCUT2D eigenvalue weighted by Crippen LogP contribution is 2.30. The minimum absolute atomic E-state index is 0.660. The van der Waals surface area contributed by atoms with Crippen molar-refractivity contribution in [2.45, 2.75) is 31.3 Å². The van der Waals surface area contributed by atoms with Crippen LogP contribution in [0.15, 0.2) is 0 Å². The Balaban J connectivity index is 1.92. The van der Waals surface area contributed by atoms with Gasteiger partial charge in [0, 0.05) is 18.6 Å². The van der Waals surface area contributed by atoms with Crippen LogP contribution >= 0.6 is 0 Å². The van der Waals surface area contributed by atoms with E-state index in [0.29, 0.717) is 6.04 Å². The molecule has 0 aromatic rings. The summed E-state index contributed by atoms with van der Waals surface area (Å²) < 4.78 is 0. The van der Waals surface area contributed by atoms with Crippen LogP contribution in [0.4, 0.5) is 0 Å². The average molecular weight is 155 g/mol. The molecule has 1 saturated heterocycles. The van der Waals surface area contributed by atoms with Gasteiger partial charge in [0.15, 0.2) is 0 Å². The number of hydrazine groups is 1. The fraction of sp³-hybridized carbons (Fsp3) is 1.00. The van der Waals surface area contributed by atoms with Gasteiger partial charge in [-0.3, -0.25) is 10.9 Å². The summed E-state index contributed by atoms with van der Waals surface area (Å²) in [5, 5.41) is 3.22. The van der Waals surface area contributed by atoms with E-state index in [1.807, 2.05) is 7.05 Å². The number of hydrogen-bond donors (Lipinski definition) is 3. The van der Waals surface area contributed by atoms with Crippen LogP contribution in [-0.4, -0.2) is 25.7 Å². The van der Waals surface area contributed by atoms with Crippen molar-refractivity contribution >= 4 is 0 Å². The Labute approximate surface area is 67.9 Å². The maximum atomic E-state index is 3.36. The molecule has 1 aliphatic carbocycles. The number of fused-ring (bicyclic) bond motifs is 1. The summed E-state index contributed by atoms with van der Waals surface area (Å²) in [6, 6.07) is 1.42. The Hall–Kier alpha value is -0.120. The van der Waals surface area contributed by atoms with Crippen molar-refractivity contribution in [3.63, 3.8) is 0 Å². The van der Waals surface area contributed by atoms with E-state index in [2.05, 4.69) is 16.2 Å². The monoisotopic (exact) mass is 155 g/mol. The molecular weight excluding hydrogens is 138 g/mol. The first kappa shape index (κ1) is 7.53. The zero-order valence-corrected chi connectivity index (χ0v) is 7.06. The van der Waals surface area contributed by atoms with Gasteiger partial charge < -0.3 is 5.32 Å². The van der Waals surface area contributed by atoms with Crippen LogP contribution < -0.4 is 16.2 Å². The lowest BCUT2D eigenvalue weighted by Gasteiger charge is -2.15. The predicted molar refractivity (Wildman–Crippen MR) is 45.1 cm³/mol. The normalized spacial score (nSPS) is 42.8. The molecule has 3 unspecified atom stereocenters. The van der Waals surface area contributed by atoms with Gasteiger partial charge in [-0.2, -0.15) is 0 Å². The molecule has 2 fully saturated rings. The molecule has 64 valence electrons. The van der Waals surface area contributed by atoms with Crippen molar-refractivity contribution in [3.8, 4) is 0 Å². The summed E-state index contributed by atoms with van der Waals surface area (Å²) in [5.74, 6) is 0.877. The standard InChI is InChI=1S/C8H17N3/c1-9-5-8-6-3-2-4-7(6)10-11-8/h6-11H,2-5H2,1H3. The van der Waals surface area contributed by atoms with Gasteiger partial charge in [-0.05, 0) is 25.8 Å². The molecule has 11 heavy (non-hydrogen) atoms. The predicted octanol–water partition coefficient (Wildman–Crippen LogP) is -0.149. The second-order valence-corrected chi connectivity index (χ2v) is 3.65. The summed E-state index contributed by atoms with van der Waals surface area (Å²) in [4.78, 5) is 0. The van der Waals surface area contributed by atoms with Crippen molar-refractivity contribution in [1.29, 1.82) is 0 Å². The van der Waals surface area contributed by atoms with Gasteiger partial charge in [0.05, 0.1) is 0 Å². The molecule has 0 radical (unpaired) electrons. The molecule has 3 nitrogen and oxygen atoms in total. The molecule has 2 aliphatic rings. The number of likely N-dealkylation sites (N-methyl/N-ethyl adjacent to an activating group) is 1. The third-order valence-corrected chi connectivity index (χ3v) is 2.96. The first-order valence-corrected chi connectivity index (χ1v) is 4.57. The maximum absolute atomic E-state index is 3.36. The van der Waals surface area contributed by atoms with Crippen molar-refractivity contribution < 1.29 is 0 Å². The van der Waals surface area contributed by atoms with E-state index < -0.39 is 0 Å². The molecule has 3 N–H and O–H groups in total. The minimum atomic E-state index is 0.660. The van der Waals surface area contributed by atoms with Crippen LogP contribution in [0, 0.1) is 5.92 Å². The SMILES string of the molecule is CNCC1NNC2CCCC21. The van der Waals surface area contributed by atoms with Gasteiger partial charge >= 0.3 is 0 Å². The molecule has 0 amide bonds. The van der Waals surface area contributed by atoms with Gasteiger partial charge in [0.25, 0.3) is 0 Å². The largest absolute Gasteiger partial charge is 0.318 e. The zero-order valence-electron chi connectivity index (χ0n) is 7.06. The Morgan fingerprint density at radius 2 is 2.27 bits per heavy atom. The van der Waals surface area contributed by atoms with E-state index >= 15 is 0 Å². The Bertz CT molecular complexity index is 135. The van der Waals surface area contributed by atoms with Crippen molar-refractivity contribution in [2.75, 3.05) is 13.6 Å². The van der Waals surface area contributed by atoms with Crippen LogP contribution in [0.1, 0.15) is 19.3 Å². The molecule has 0 aromatic heterocycles. The van der Waals surface area contributed by atoms with E-state index in [9.17, 15) is 0 Å². The molecule has 3 heteroatoms. The fourth-order valence-electron chi connectivity index (χ4n) is 2.39. The topological polar surface area (TPSA) is 36.1 Å². The first-order chi connectivity index (χ1) is 5.42. The van der Waals surface area contributed by atoms with Crippen molar-refractivity contribution in [2.24, 2.45) is 5.92 Å². The van der Waals surface area contributed by atoms with Crippen molar-refractivity contribution in [3.05, 3.63) is 0 Å². The summed E-state index contributed by atoms with van der Waals surface area (Å²) in [7, 11) is 2.02. The van der Waals surface area contributed by atoms with Crippen LogP contribution in [0.5, 0.6) is 0 Å². The molecule has 0 bridgehead atoms. The van der Waals surface area contributed by atoms with Crippen LogP contribution in [0.3, 0.4) is 0 Å². The Kier molecular flexibility index (Phi) is 2.11. The lowest BCUT2D eigenvalue weighted by molar-refractivity contribution is 0.430. The van der Waals surface area contributed by atoms with Gasteiger partial charge in [0.2, 0.25) is 0 Å². The van der Waals surface area contributed by atoms with E-state index in [-0.39, 0.29) is 0 Å². The first-order valence-electron chi connectivity index (χ1n) is 4.57. The van der Waals surface area contributed by atoms with Gasteiger partial charge in [0.1, 0.15) is 0 Å². The molecule has 0 aromatic carbocycles. The quantitative estimate of drug-likeness (QED) is 0.519. The number of nitrogens with one attached hydrogen (secondary N) is 3. The second kappa shape index (κ2) is 3.09. The van der Waals surface area contributed by atoms with E-state index in [1.165, 1.54) is 19.3 Å². The minimum Gasteiger partial charge on any atom is -0.318 e. The van der Waals surface area contributed by atoms with Crippen LogP contribution in [0.2, 0.25) is 0 Å². The fourth-order valence-corrected chi connectivity index (χ4v) is 2.39. The third kappa shape index (κ3) is 1.28. The highest BCUT2D eigenvalue weighted by molar-refractivity contribution is 4.95. The highest BCUT2D eigenvalue weighted by Gasteiger charge is 2.38. The third-order valence-electron chi connectivity index (χ3n) is 2.96. The average Bonchev–Trinajstić information content (AvgIpc) is 2.53. The number of rotatable bonds is 2. The summed E-state index contributed by atoms with van der Waals surface area (Å²) >= 11 is 0. The molecule has 1 aliphatic heterocycles. The summed E-state index contributed by atoms with van der Waals surface area (Å²) in [6.45, 7) is 1.09. The summed E-state index contributed by atoms with van der Waals surface area (Å²) in [5.41, 5.74) is 6.71. The van der Waals surface area contributed by atoms with Gasteiger partial charge in [-0.15, -0.1) is 0 Å².